The fourth-order valence-electron chi connectivity index (χ4n) is 3.15. The summed E-state index contributed by atoms with van der Waals surface area (Å²) < 4.78 is 10.6. The van der Waals surface area contributed by atoms with E-state index >= 15 is 0 Å². The third-order valence-electron chi connectivity index (χ3n) is 4.43. The van der Waals surface area contributed by atoms with Crippen molar-refractivity contribution in [3.05, 3.63) is 38.3 Å². The van der Waals surface area contributed by atoms with E-state index < -0.39 is 0 Å². The maximum Gasteiger partial charge on any atom is 0.251 e. The van der Waals surface area contributed by atoms with E-state index in [2.05, 4.69) is 5.32 Å². The predicted molar refractivity (Wildman–Crippen MR) is 97.0 cm³/mol. The lowest BCUT2D eigenvalue weighted by atomic mass is 10.0. The molecular formula is C18H19ClN2O3S. The van der Waals surface area contributed by atoms with E-state index in [4.69, 9.17) is 26.1 Å². The fraction of sp³-hybridized carbons (Fsp3) is 0.444. The van der Waals surface area contributed by atoms with Gasteiger partial charge in [0.05, 0.1) is 15.7 Å². The Bertz CT molecular complexity index is 782. The number of carbonyl (C=O) groups is 1. The van der Waals surface area contributed by atoms with Gasteiger partial charge in [0.25, 0.3) is 5.91 Å². The van der Waals surface area contributed by atoms with E-state index in [0.717, 1.165) is 19.3 Å². The topological polar surface area (TPSA) is 60.5 Å². The van der Waals surface area contributed by atoms with Gasteiger partial charge in [0, 0.05) is 23.4 Å². The Labute approximate surface area is 155 Å². The number of ether oxygens (including phenoxy) is 2. The second-order valence-electron chi connectivity index (χ2n) is 6.24. The summed E-state index contributed by atoms with van der Waals surface area (Å²) in [4.78, 5) is 18.5. The maximum absolute atomic E-state index is 12.3. The van der Waals surface area contributed by atoms with Crippen LogP contribution in [0.25, 0.3) is 0 Å². The first-order valence-electron chi connectivity index (χ1n) is 8.55. The SMILES string of the molecule is O=C(NCCCc1nc2c(s1)CCCC2)c1cc(Cl)c2c(c1)OCO2. The number of carbonyl (C=O) groups excluding carboxylic acids is 1. The van der Waals surface area contributed by atoms with Crippen molar-refractivity contribution in [1.82, 2.24) is 10.3 Å². The Morgan fingerprint density at radius 3 is 3.04 bits per heavy atom. The molecule has 1 aromatic carbocycles. The first-order valence-corrected chi connectivity index (χ1v) is 9.75. The van der Waals surface area contributed by atoms with E-state index in [9.17, 15) is 4.79 Å². The average Bonchev–Trinajstić information content (AvgIpc) is 3.24. The number of hydrogen-bond donors (Lipinski definition) is 1. The highest BCUT2D eigenvalue weighted by atomic mass is 35.5. The first kappa shape index (κ1) is 16.7. The van der Waals surface area contributed by atoms with Crippen molar-refractivity contribution < 1.29 is 14.3 Å². The van der Waals surface area contributed by atoms with Crippen molar-refractivity contribution in [3.63, 3.8) is 0 Å². The smallest absolute Gasteiger partial charge is 0.251 e. The van der Waals surface area contributed by atoms with Gasteiger partial charge in [-0.3, -0.25) is 4.79 Å². The van der Waals surface area contributed by atoms with Crippen LogP contribution < -0.4 is 14.8 Å². The fourth-order valence-corrected chi connectivity index (χ4v) is 4.62. The van der Waals surface area contributed by atoms with Crippen molar-refractivity contribution in [3.8, 4) is 11.5 Å². The van der Waals surface area contributed by atoms with Gasteiger partial charge < -0.3 is 14.8 Å². The zero-order chi connectivity index (χ0) is 17.2. The Morgan fingerprint density at radius 1 is 1.28 bits per heavy atom. The molecular weight excluding hydrogens is 360 g/mol. The second-order valence-corrected chi connectivity index (χ2v) is 7.81. The van der Waals surface area contributed by atoms with E-state index in [1.807, 2.05) is 11.3 Å². The largest absolute Gasteiger partial charge is 0.454 e. The van der Waals surface area contributed by atoms with E-state index in [1.165, 1.54) is 34.8 Å². The lowest BCUT2D eigenvalue weighted by Gasteiger charge is -2.07. The van der Waals surface area contributed by atoms with Crippen molar-refractivity contribution in [1.29, 1.82) is 0 Å². The molecule has 2 aromatic rings. The molecule has 0 fully saturated rings. The number of aromatic nitrogens is 1. The zero-order valence-corrected chi connectivity index (χ0v) is 15.3. The molecule has 0 bridgehead atoms. The molecule has 0 saturated heterocycles. The number of fused-ring (bicyclic) bond motifs is 2. The minimum atomic E-state index is -0.154. The molecule has 25 heavy (non-hydrogen) atoms. The van der Waals surface area contributed by atoms with Gasteiger partial charge in [0.2, 0.25) is 6.79 Å². The minimum absolute atomic E-state index is 0.137. The third-order valence-corrected chi connectivity index (χ3v) is 5.93. The van der Waals surface area contributed by atoms with Crippen LogP contribution in [0.1, 0.15) is 45.2 Å². The third kappa shape index (κ3) is 3.60. The second kappa shape index (κ2) is 7.22. The number of amides is 1. The van der Waals surface area contributed by atoms with Crippen LogP contribution in [0.5, 0.6) is 11.5 Å². The lowest BCUT2D eigenvalue weighted by Crippen LogP contribution is -2.24. The monoisotopic (exact) mass is 378 g/mol. The highest BCUT2D eigenvalue weighted by molar-refractivity contribution is 7.11. The normalized spacial score (nSPS) is 15.1. The number of benzene rings is 1. The highest BCUT2D eigenvalue weighted by Gasteiger charge is 2.20. The highest BCUT2D eigenvalue weighted by Crippen LogP contribution is 2.39. The van der Waals surface area contributed by atoms with Gasteiger partial charge >= 0.3 is 0 Å². The zero-order valence-electron chi connectivity index (χ0n) is 13.8. The molecule has 1 amide bonds. The summed E-state index contributed by atoms with van der Waals surface area (Å²) in [5, 5.41) is 4.52. The summed E-state index contributed by atoms with van der Waals surface area (Å²) in [7, 11) is 0. The van der Waals surface area contributed by atoms with Gasteiger partial charge in [-0.2, -0.15) is 0 Å². The average molecular weight is 379 g/mol. The summed E-state index contributed by atoms with van der Waals surface area (Å²) in [6.45, 7) is 0.743. The molecule has 2 aliphatic rings. The molecule has 1 aliphatic heterocycles. The van der Waals surface area contributed by atoms with Crippen LogP contribution in [0.2, 0.25) is 5.02 Å². The summed E-state index contributed by atoms with van der Waals surface area (Å²) in [5.74, 6) is 0.871. The number of nitrogens with one attached hydrogen (secondary N) is 1. The Kier molecular flexibility index (Phi) is 4.81. The number of thiazole rings is 1. The van der Waals surface area contributed by atoms with Crippen molar-refractivity contribution >= 4 is 28.8 Å². The van der Waals surface area contributed by atoms with Gasteiger partial charge in [0.1, 0.15) is 0 Å². The summed E-state index contributed by atoms with van der Waals surface area (Å²) in [5.41, 5.74) is 1.78. The van der Waals surface area contributed by atoms with Gasteiger partial charge in [-0.1, -0.05) is 11.6 Å². The number of aryl methyl sites for hydroxylation is 3. The summed E-state index contributed by atoms with van der Waals surface area (Å²) >= 11 is 7.95. The molecule has 0 radical (unpaired) electrons. The predicted octanol–water partition coefficient (Wildman–Crippen LogP) is 3.77. The summed E-state index contributed by atoms with van der Waals surface area (Å²) in [6, 6.07) is 3.28. The van der Waals surface area contributed by atoms with Gasteiger partial charge in [0.15, 0.2) is 11.5 Å². The van der Waals surface area contributed by atoms with Crippen LogP contribution in [0, 0.1) is 0 Å². The van der Waals surface area contributed by atoms with Crippen molar-refractivity contribution in [2.45, 2.75) is 38.5 Å². The van der Waals surface area contributed by atoms with Crippen LogP contribution >= 0.6 is 22.9 Å². The van der Waals surface area contributed by atoms with Crippen LogP contribution in [-0.4, -0.2) is 24.2 Å². The van der Waals surface area contributed by atoms with Crippen molar-refractivity contribution in [2.24, 2.45) is 0 Å². The molecule has 7 heteroatoms. The number of halogens is 1. The van der Waals surface area contributed by atoms with E-state index in [-0.39, 0.29) is 12.7 Å². The molecule has 1 aromatic heterocycles. The molecule has 4 rings (SSSR count). The number of nitrogens with zero attached hydrogens (tertiary/aromatic N) is 1. The Hall–Kier alpha value is -1.79. The molecule has 0 spiro atoms. The molecule has 0 saturated carbocycles. The Balaban J connectivity index is 1.29. The number of hydrogen-bond acceptors (Lipinski definition) is 5. The number of rotatable bonds is 5. The molecule has 132 valence electrons. The molecule has 0 unspecified atom stereocenters. The molecule has 1 aliphatic carbocycles. The van der Waals surface area contributed by atoms with Gasteiger partial charge in [-0.15, -0.1) is 11.3 Å². The summed E-state index contributed by atoms with van der Waals surface area (Å²) in [6.07, 6.45) is 6.60. The Morgan fingerprint density at radius 2 is 2.16 bits per heavy atom. The van der Waals surface area contributed by atoms with Crippen LogP contribution in [0.3, 0.4) is 0 Å². The van der Waals surface area contributed by atoms with Gasteiger partial charge in [-0.25, -0.2) is 4.98 Å². The molecule has 5 nitrogen and oxygen atoms in total. The van der Waals surface area contributed by atoms with E-state index in [1.54, 1.807) is 12.1 Å². The van der Waals surface area contributed by atoms with Crippen LogP contribution in [0.4, 0.5) is 0 Å². The van der Waals surface area contributed by atoms with E-state index in [0.29, 0.717) is 28.6 Å². The molecule has 1 N–H and O–H groups in total. The molecule has 2 heterocycles. The van der Waals surface area contributed by atoms with Gasteiger partial charge in [-0.05, 0) is 44.2 Å². The van der Waals surface area contributed by atoms with Crippen LogP contribution in [0.15, 0.2) is 12.1 Å². The maximum atomic E-state index is 12.3. The minimum Gasteiger partial charge on any atom is -0.454 e. The van der Waals surface area contributed by atoms with Crippen molar-refractivity contribution in [2.75, 3.05) is 13.3 Å². The molecule has 0 atom stereocenters. The lowest BCUT2D eigenvalue weighted by molar-refractivity contribution is 0.0952. The van der Waals surface area contributed by atoms with Crippen LogP contribution in [-0.2, 0) is 19.3 Å². The standard InChI is InChI=1S/C18H19ClN2O3S/c19-12-8-11(9-14-17(12)24-10-23-14)18(22)20-7-3-6-16-21-13-4-1-2-5-15(13)25-16/h8-9H,1-7,10H2,(H,20,22). The first-order chi connectivity index (χ1) is 12.2. The quantitative estimate of drug-likeness (QED) is 0.804.